The molecule has 2 atom stereocenters. The summed E-state index contributed by atoms with van der Waals surface area (Å²) in [6.07, 6.45) is 6.56. The fourth-order valence-electron chi connectivity index (χ4n) is 3.51. The minimum atomic E-state index is 0.579. The number of rotatable bonds is 3. The summed E-state index contributed by atoms with van der Waals surface area (Å²) in [6.45, 7) is 4.36. The Morgan fingerprint density at radius 2 is 2.14 bits per heavy atom. The molecule has 1 aromatic carbocycles. The molecule has 0 amide bonds. The van der Waals surface area contributed by atoms with Gasteiger partial charge in [0.1, 0.15) is 0 Å². The van der Waals surface area contributed by atoms with E-state index in [2.05, 4.69) is 30.2 Å². The van der Waals surface area contributed by atoms with Crippen LogP contribution in [0.25, 0.3) is 10.9 Å². The molecular weight excluding hydrogens is 258 g/mol. The molecule has 0 aliphatic heterocycles. The van der Waals surface area contributed by atoms with E-state index in [9.17, 15) is 0 Å². The van der Waals surface area contributed by atoms with Crippen LogP contribution in [0.1, 0.15) is 44.7 Å². The van der Waals surface area contributed by atoms with Gasteiger partial charge in [0.25, 0.3) is 0 Å². The number of nitrogen functional groups attached to an aromatic ring is 1. The molecule has 112 valence electrons. The zero-order chi connectivity index (χ0) is 14.8. The average Bonchev–Trinajstić information content (AvgIpc) is 2.48. The summed E-state index contributed by atoms with van der Waals surface area (Å²) in [5, 5.41) is 4.90. The molecule has 1 aliphatic rings. The number of fused-ring (bicyclic) bond motifs is 1. The van der Waals surface area contributed by atoms with Crippen LogP contribution in [0.15, 0.2) is 24.3 Å². The van der Waals surface area contributed by atoms with Crippen LogP contribution in [0.5, 0.6) is 0 Å². The van der Waals surface area contributed by atoms with Gasteiger partial charge in [-0.1, -0.05) is 26.2 Å². The lowest BCUT2D eigenvalue weighted by molar-refractivity contribution is 0.327. The van der Waals surface area contributed by atoms with Crippen molar-refractivity contribution in [2.24, 2.45) is 5.92 Å². The van der Waals surface area contributed by atoms with Crippen molar-refractivity contribution in [3.8, 4) is 0 Å². The normalized spacial score (nSPS) is 22.4. The zero-order valence-electron chi connectivity index (χ0n) is 13.0. The number of anilines is 2. The molecule has 1 heterocycles. The standard InChI is InChI=1S/C18H25N3/c1-3-13-5-4-6-15(10-13)21-18-9-12(2)20-17-8-7-14(19)11-16(17)18/h7-9,11,13,15H,3-6,10,19H2,1-2H3,(H,20,21). The Morgan fingerprint density at radius 3 is 2.95 bits per heavy atom. The van der Waals surface area contributed by atoms with Crippen molar-refractivity contribution in [3.63, 3.8) is 0 Å². The van der Waals surface area contributed by atoms with Gasteiger partial charge in [0.15, 0.2) is 0 Å². The van der Waals surface area contributed by atoms with Gasteiger partial charge in [-0.25, -0.2) is 0 Å². The highest BCUT2D eigenvalue weighted by atomic mass is 14.9. The first-order chi connectivity index (χ1) is 10.2. The van der Waals surface area contributed by atoms with E-state index in [1.165, 1.54) is 37.8 Å². The topological polar surface area (TPSA) is 50.9 Å². The van der Waals surface area contributed by atoms with E-state index < -0.39 is 0 Å². The number of nitrogens with two attached hydrogens (primary N) is 1. The van der Waals surface area contributed by atoms with E-state index in [0.717, 1.165) is 28.2 Å². The molecule has 0 bridgehead atoms. The van der Waals surface area contributed by atoms with E-state index in [1.54, 1.807) is 0 Å². The first kappa shape index (κ1) is 14.2. The van der Waals surface area contributed by atoms with E-state index in [0.29, 0.717) is 6.04 Å². The van der Waals surface area contributed by atoms with E-state index >= 15 is 0 Å². The lowest BCUT2D eigenvalue weighted by atomic mass is 9.84. The molecule has 1 fully saturated rings. The second-order valence-electron chi connectivity index (χ2n) is 6.37. The summed E-state index contributed by atoms with van der Waals surface area (Å²) in [7, 11) is 0. The van der Waals surface area contributed by atoms with Crippen LogP contribution in [0.2, 0.25) is 0 Å². The van der Waals surface area contributed by atoms with Gasteiger partial charge in [-0.05, 0) is 49.9 Å². The number of aromatic nitrogens is 1. The fraction of sp³-hybridized carbons (Fsp3) is 0.500. The van der Waals surface area contributed by atoms with Gasteiger partial charge in [-0.3, -0.25) is 4.98 Å². The molecule has 21 heavy (non-hydrogen) atoms. The van der Waals surface area contributed by atoms with Crippen LogP contribution in [0.3, 0.4) is 0 Å². The van der Waals surface area contributed by atoms with Gasteiger partial charge in [-0.2, -0.15) is 0 Å². The maximum atomic E-state index is 5.95. The summed E-state index contributed by atoms with van der Waals surface area (Å²) in [4.78, 5) is 4.61. The predicted molar refractivity (Wildman–Crippen MR) is 90.6 cm³/mol. The van der Waals surface area contributed by atoms with Crippen molar-refractivity contribution < 1.29 is 0 Å². The molecule has 3 heteroatoms. The van der Waals surface area contributed by atoms with Gasteiger partial charge in [0, 0.05) is 28.5 Å². The lowest BCUT2D eigenvalue weighted by Gasteiger charge is -2.30. The number of hydrogen-bond acceptors (Lipinski definition) is 3. The minimum absolute atomic E-state index is 0.579. The Morgan fingerprint density at radius 1 is 1.29 bits per heavy atom. The minimum Gasteiger partial charge on any atom is -0.399 e. The molecule has 3 rings (SSSR count). The van der Waals surface area contributed by atoms with E-state index in [4.69, 9.17) is 5.73 Å². The van der Waals surface area contributed by atoms with Crippen LogP contribution in [-0.4, -0.2) is 11.0 Å². The first-order valence-electron chi connectivity index (χ1n) is 8.09. The number of aryl methyl sites for hydroxylation is 1. The smallest absolute Gasteiger partial charge is 0.0727 e. The predicted octanol–water partition coefficient (Wildman–Crippen LogP) is 4.51. The maximum absolute atomic E-state index is 5.95. The largest absolute Gasteiger partial charge is 0.399 e. The SMILES string of the molecule is CCC1CCCC(Nc2cc(C)nc3ccc(N)cc23)C1. The van der Waals surface area contributed by atoms with Crippen LogP contribution in [0.4, 0.5) is 11.4 Å². The number of benzene rings is 1. The average molecular weight is 283 g/mol. The Bertz CT molecular complexity index is 636. The van der Waals surface area contributed by atoms with Crippen molar-refractivity contribution in [1.29, 1.82) is 0 Å². The second kappa shape index (κ2) is 5.92. The van der Waals surface area contributed by atoms with E-state index in [1.807, 2.05) is 18.2 Å². The number of nitrogens with one attached hydrogen (secondary N) is 1. The van der Waals surface area contributed by atoms with Gasteiger partial charge in [-0.15, -0.1) is 0 Å². The van der Waals surface area contributed by atoms with Crippen molar-refractivity contribution in [2.75, 3.05) is 11.1 Å². The van der Waals surface area contributed by atoms with Gasteiger partial charge in [0.05, 0.1) is 5.52 Å². The zero-order valence-corrected chi connectivity index (χ0v) is 13.0. The molecule has 1 aliphatic carbocycles. The molecule has 2 aromatic rings. The third-order valence-corrected chi connectivity index (χ3v) is 4.68. The molecule has 1 aromatic heterocycles. The number of nitrogens with zero attached hydrogens (tertiary/aromatic N) is 1. The van der Waals surface area contributed by atoms with Crippen molar-refractivity contribution in [3.05, 3.63) is 30.0 Å². The molecule has 0 saturated heterocycles. The summed E-state index contributed by atoms with van der Waals surface area (Å²) >= 11 is 0. The summed E-state index contributed by atoms with van der Waals surface area (Å²) < 4.78 is 0. The van der Waals surface area contributed by atoms with Crippen molar-refractivity contribution in [1.82, 2.24) is 4.98 Å². The van der Waals surface area contributed by atoms with Crippen LogP contribution in [-0.2, 0) is 0 Å². The summed E-state index contributed by atoms with van der Waals surface area (Å²) in [5.41, 5.74) is 10.0. The fourth-order valence-corrected chi connectivity index (χ4v) is 3.51. The molecule has 3 N–H and O–H groups in total. The van der Waals surface area contributed by atoms with Crippen LogP contribution < -0.4 is 11.1 Å². The molecular formula is C18H25N3. The number of pyridine rings is 1. The Kier molecular flexibility index (Phi) is 4.00. The van der Waals surface area contributed by atoms with Crippen LogP contribution in [0, 0.1) is 12.8 Å². The highest BCUT2D eigenvalue weighted by molar-refractivity contribution is 5.93. The second-order valence-corrected chi connectivity index (χ2v) is 6.37. The Hall–Kier alpha value is -1.77. The molecule has 2 unspecified atom stereocenters. The van der Waals surface area contributed by atoms with E-state index in [-0.39, 0.29) is 0 Å². The number of hydrogen-bond donors (Lipinski definition) is 2. The molecule has 0 radical (unpaired) electrons. The van der Waals surface area contributed by atoms with Gasteiger partial charge in [0.2, 0.25) is 0 Å². The van der Waals surface area contributed by atoms with Gasteiger partial charge >= 0.3 is 0 Å². The lowest BCUT2D eigenvalue weighted by Crippen LogP contribution is -2.27. The third-order valence-electron chi connectivity index (χ3n) is 4.68. The Balaban J connectivity index is 1.90. The molecule has 1 saturated carbocycles. The first-order valence-corrected chi connectivity index (χ1v) is 8.09. The third kappa shape index (κ3) is 3.12. The van der Waals surface area contributed by atoms with Crippen LogP contribution >= 0.6 is 0 Å². The van der Waals surface area contributed by atoms with Crippen molar-refractivity contribution in [2.45, 2.75) is 52.0 Å². The molecule has 3 nitrogen and oxygen atoms in total. The highest BCUT2D eigenvalue weighted by Gasteiger charge is 2.21. The van der Waals surface area contributed by atoms with Gasteiger partial charge < -0.3 is 11.1 Å². The maximum Gasteiger partial charge on any atom is 0.0727 e. The summed E-state index contributed by atoms with van der Waals surface area (Å²) in [5.74, 6) is 0.871. The molecule has 0 spiro atoms. The quantitative estimate of drug-likeness (QED) is 0.815. The van der Waals surface area contributed by atoms with Crippen molar-refractivity contribution >= 4 is 22.3 Å². The monoisotopic (exact) mass is 283 g/mol. The highest BCUT2D eigenvalue weighted by Crippen LogP contribution is 2.31. The Labute approximate surface area is 127 Å². The summed E-state index contributed by atoms with van der Waals surface area (Å²) in [6, 6.07) is 8.70.